The van der Waals surface area contributed by atoms with Crippen molar-refractivity contribution in [3.05, 3.63) is 34.6 Å². The maximum atomic E-state index is 9.77. The summed E-state index contributed by atoms with van der Waals surface area (Å²) in [4.78, 5) is 0. The lowest BCUT2D eigenvalue weighted by molar-refractivity contribution is 0.398. The van der Waals surface area contributed by atoms with Gasteiger partial charge in [-0.05, 0) is 49.8 Å². The summed E-state index contributed by atoms with van der Waals surface area (Å²) >= 11 is 0. The Morgan fingerprint density at radius 3 is 2.92 bits per heavy atom. The largest absolute Gasteiger partial charge is 0.508 e. The summed E-state index contributed by atoms with van der Waals surface area (Å²) in [5.74, 6) is 1.02. The minimum absolute atomic E-state index is 0.498. The van der Waals surface area contributed by atoms with Gasteiger partial charge in [0.05, 0.1) is 0 Å². The van der Waals surface area contributed by atoms with Gasteiger partial charge in [0.15, 0.2) is 0 Å². The first kappa shape index (κ1) is 8.61. The predicted octanol–water partition coefficient (Wildman–Crippen LogP) is 3.50. The molecule has 2 aliphatic carbocycles. The SMILES string of the molecule is CC1=CC2=CCCCC2C(C)=C1O. The molecule has 0 aliphatic heterocycles. The molecule has 0 spiro atoms. The van der Waals surface area contributed by atoms with Gasteiger partial charge in [0.25, 0.3) is 0 Å². The van der Waals surface area contributed by atoms with E-state index in [2.05, 4.69) is 19.1 Å². The molecule has 2 aliphatic rings. The standard InChI is InChI=1S/C12H16O/c1-8-7-10-5-3-4-6-11(10)9(2)12(8)13/h5,7,11,13H,3-4,6H2,1-2H3. The van der Waals surface area contributed by atoms with Gasteiger partial charge < -0.3 is 5.11 Å². The molecule has 0 aromatic carbocycles. The molecular formula is C12H16O. The molecule has 1 nitrogen and oxygen atoms in total. The second-order valence-electron chi connectivity index (χ2n) is 4.05. The van der Waals surface area contributed by atoms with Crippen molar-refractivity contribution in [1.29, 1.82) is 0 Å². The van der Waals surface area contributed by atoms with Crippen LogP contribution in [0, 0.1) is 5.92 Å². The third-order valence-electron chi connectivity index (χ3n) is 3.13. The van der Waals surface area contributed by atoms with Crippen LogP contribution in [0.1, 0.15) is 33.1 Å². The molecule has 0 bridgehead atoms. The van der Waals surface area contributed by atoms with Crippen molar-refractivity contribution in [2.24, 2.45) is 5.92 Å². The van der Waals surface area contributed by atoms with E-state index in [9.17, 15) is 5.11 Å². The Kier molecular flexibility index (Phi) is 2.03. The van der Waals surface area contributed by atoms with Gasteiger partial charge in [0.1, 0.15) is 5.76 Å². The first-order valence-electron chi connectivity index (χ1n) is 4.98. The Labute approximate surface area is 79.5 Å². The topological polar surface area (TPSA) is 20.2 Å². The third kappa shape index (κ3) is 1.32. The van der Waals surface area contributed by atoms with Crippen LogP contribution in [0.25, 0.3) is 0 Å². The van der Waals surface area contributed by atoms with Crippen LogP contribution in [-0.2, 0) is 0 Å². The van der Waals surface area contributed by atoms with E-state index in [1.54, 1.807) is 0 Å². The Bertz CT molecular complexity index is 318. The minimum atomic E-state index is 0.498. The van der Waals surface area contributed by atoms with Crippen LogP contribution in [0.15, 0.2) is 34.6 Å². The molecule has 1 atom stereocenters. The van der Waals surface area contributed by atoms with E-state index in [1.165, 1.54) is 24.8 Å². The highest BCUT2D eigenvalue weighted by Gasteiger charge is 2.24. The number of hydrogen-bond donors (Lipinski definition) is 1. The van der Waals surface area contributed by atoms with Gasteiger partial charge in [0.2, 0.25) is 0 Å². The monoisotopic (exact) mass is 176 g/mol. The molecule has 0 amide bonds. The molecule has 13 heavy (non-hydrogen) atoms. The van der Waals surface area contributed by atoms with Gasteiger partial charge in [-0.1, -0.05) is 12.2 Å². The molecule has 0 saturated carbocycles. The van der Waals surface area contributed by atoms with Gasteiger partial charge in [-0.2, -0.15) is 0 Å². The van der Waals surface area contributed by atoms with Gasteiger partial charge in [0, 0.05) is 5.92 Å². The molecule has 0 aromatic heterocycles. The highest BCUT2D eigenvalue weighted by molar-refractivity contribution is 5.45. The third-order valence-corrected chi connectivity index (χ3v) is 3.13. The normalized spacial score (nSPS) is 28.0. The van der Waals surface area contributed by atoms with E-state index < -0.39 is 0 Å². The first-order chi connectivity index (χ1) is 6.20. The summed E-state index contributed by atoms with van der Waals surface area (Å²) in [5, 5.41) is 9.77. The molecule has 70 valence electrons. The lowest BCUT2D eigenvalue weighted by Gasteiger charge is -2.28. The first-order valence-corrected chi connectivity index (χ1v) is 4.98. The highest BCUT2D eigenvalue weighted by Crippen LogP contribution is 2.38. The van der Waals surface area contributed by atoms with Crippen LogP contribution in [0.3, 0.4) is 0 Å². The van der Waals surface area contributed by atoms with Gasteiger partial charge in [-0.15, -0.1) is 0 Å². The molecule has 0 heterocycles. The molecule has 0 radical (unpaired) electrons. The van der Waals surface area contributed by atoms with Gasteiger partial charge in [-0.3, -0.25) is 0 Å². The molecule has 1 unspecified atom stereocenters. The van der Waals surface area contributed by atoms with E-state index >= 15 is 0 Å². The Hall–Kier alpha value is -0.980. The van der Waals surface area contributed by atoms with Crippen LogP contribution < -0.4 is 0 Å². The number of rotatable bonds is 0. The van der Waals surface area contributed by atoms with Crippen molar-refractivity contribution >= 4 is 0 Å². The lowest BCUT2D eigenvalue weighted by atomic mass is 9.78. The van der Waals surface area contributed by atoms with Crippen LogP contribution >= 0.6 is 0 Å². The van der Waals surface area contributed by atoms with Crippen LogP contribution in [0.5, 0.6) is 0 Å². The number of fused-ring (bicyclic) bond motifs is 1. The van der Waals surface area contributed by atoms with Crippen molar-refractivity contribution in [2.75, 3.05) is 0 Å². The summed E-state index contributed by atoms with van der Waals surface area (Å²) in [5.41, 5.74) is 3.59. The summed E-state index contributed by atoms with van der Waals surface area (Å²) in [6, 6.07) is 0. The zero-order chi connectivity index (χ0) is 9.42. The predicted molar refractivity (Wildman–Crippen MR) is 54.5 cm³/mol. The summed E-state index contributed by atoms with van der Waals surface area (Å²) in [6.45, 7) is 4.03. The molecule has 0 fully saturated rings. The average Bonchev–Trinajstić information content (AvgIpc) is 2.15. The van der Waals surface area contributed by atoms with E-state index in [0.717, 1.165) is 11.1 Å². The average molecular weight is 176 g/mol. The quantitative estimate of drug-likeness (QED) is 0.599. The van der Waals surface area contributed by atoms with Crippen LogP contribution in [-0.4, -0.2) is 5.11 Å². The van der Waals surface area contributed by atoms with E-state index in [0.29, 0.717) is 11.7 Å². The van der Waals surface area contributed by atoms with E-state index in [1.807, 2.05) is 6.92 Å². The molecule has 2 rings (SSSR count). The molecular weight excluding hydrogens is 160 g/mol. The Morgan fingerprint density at radius 1 is 1.38 bits per heavy atom. The lowest BCUT2D eigenvalue weighted by Crippen LogP contribution is -2.15. The smallest absolute Gasteiger partial charge is 0.118 e. The fourth-order valence-corrected chi connectivity index (χ4v) is 2.32. The van der Waals surface area contributed by atoms with Crippen LogP contribution in [0.4, 0.5) is 0 Å². The maximum absolute atomic E-state index is 9.77. The highest BCUT2D eigenvalue weighted by atomic mass is 16.3. The van der Waals surface area contributed by atoms with Crippen molar-refractivity contribution in [3.8, 4) is 0 Å². The molecule has 1 heteroatoms. The molecule has 0 aromatic rings. The zero-order valence-electron chi connectivity index (χ0n) is 8.30. The minimum Gasteiger partial charge on any atom is -0.508 e. The Balaban J connectivity index is 2.44. The number of aliphatic hydroxyl groups excluding tert-OH is 1. The number of allylic oxidation sites excluding steroid dienone is 5. The van der Waals surface area contributed by atoms with Gasteiger partial charge >= 0.3 is 0 Å². The second-order valence-corrected chi connectivity index (χ2v) is 4.05. The van der Waals surface area contributed by atoms with Crippen molar-refractivity contribution in [3.63, 3.8) is 0 Å². The van der Waals surface area contributed by atoms with Gasteiger partial charge in [-0.25, -0.2) is 0 Å². The van der Waals surface area contributed by atoms with Crippen molar-refractivity contribution in [2.45, 2.75) is 33.1 Å². The molecule has 1 N–H and O–H groups in total. The summed E-state index contributed by atoms with van der Waals surface area (Å²) < 4.78 is 0. The van der Waals surface area contributed by atoms with E-state index in [-0.39, 0.29) is 0 Å². The van der Waals surface area contributed by atoms with E-state index in [4.69, 9.17) is 0 Å². The van der Waals surface area contributed by atoms with Crippen LogP contribution in [0.2, 0.25) is 0 Å². The van der Waals surface area contributed by atoms with Crippen molar-refractivity contribution in [1.82, 2.24) is 0 Å². The zero-order valence-corrected chi connectivity index (χ0v) is 8.30. The Morgan fingerprint density at radius 2 is 2.15 bits per heavy atom. The fraction of sp³-hybridized carbons (Fsp3) is 0.500. The fourth-order valence-electron chi connectivity index (χ4n) is 2.32. The second kappa shape index (κ2) is 3.06. The summed E-state index contributed by atoms with van der Waals surface area (Å²) in [7, 11) is 0. The number of hydrogen-bond acceptors (Lipinski definition) is 1. The van der Waals surface area contributed by atoms with Crippen molar-refractivity contribution < 1.29 is 5.11 Å². The summed E-state index contributed by atoms with van der Waals surface area (Å²) in [6.07, 6.45) is 8.10. The molecule has 0 saturated heterocycles. The maximum Gasteiger partial charge on any atom is 0.118 e. The number of aliphatic hydroxyl groups is 1.